The van der Waals surface area contributed by atoms with Crippen molar-refractivity contribution in [1.29, 1.82) is 0 Å². The summed E-state index contributed by atoms with van der Waals surface area (Å²) in [5.41, 5.74) is 1.66. The van der Waals surface area contributed by atoms with E-state index in [1.54, 1.807) is 6.07 Å². The van der Waals surface area contributed by atoms with Crippen LogP contribution in [0.3, 0.4) is 0 Å². The molecule has 6 heteroatoms. The van der Waals surface area contributed by atoms with Crippen molar-refractivity contribution in [3.8, 4) is 5.75 Å². The maximum atomic E-state index is 12.1. The zero-order valence-corrected chi connectivity index (χ0v) is 11.5. The number of carbonyl (C=O) groups excluding carboxylic acids is 1. The second-order valence-corrected chi connectivity index (χ2v) is 4.91. The fraction of sp³-hybridized carbons (Fsp3) is 0.154. The van der Waals surface area contributed by atoms with E-state index in [9.17, 15) is 4.79 Å². The molecule has 2 aromatic rings. The van der Waals surface area contributed by atoms with E-state index in [-0.39, 0.29) is 5.91 Å². The first-order valence-electron chi connectivity index (χ1n) is 5.77. The van der Waals surface area contributed by atoms with Crippen LogP contribution in [0.2, 0.25) is 0 Å². The van der Waals surface area contributed by atoms with Crippen molar-refractivity contribution in [1.82, 2.24) is 9.97 Å². The van der Waals surface area contributed by atoms with Crippen molar-refractivity contribution in [2.75, 3.05) is 11.9 Å². The number of anilines is 1. The van der Waals surface area contributed by atoms with E-state index in [1.165, 1.54) is 12.4 Å². The highest BCUT2D eigenvalue weighted by Gasteiger charge is 2.15. The molecule has 1 aromatic heterocycles. The van der Waals surface area contributed by atoms with E-state index in [2.05, 4.69) is 31.2 Å². The second-order valence-electron chi connectivity index (χ2n) is 4.10. The summed E-state index contributed by atoms with van der Waals surface area (Å²) in [6.45, 7) is 0.679. The van der Waals surface area contributed by atoms with Crippen LogP contribution >= 0.6 is 15.9 Å². The molecular formula is C13H10BrN3O2. The number of carbonyl (C=O) groups is 1. The van der Waals surface area contributed by atoms with Gasteiger partial charge in [-0.15, -0.1) is 0 Å². The molecular weight excluding hydrogens is 310 g/mol. The summed E-state index contributed by atoms with van der Waals surface area (Å²) >= 11 is 3.19. The summed E-state index contributed by atoms with van der Waals surface area (Å²) in [4.78, 5) is 20.1. The fourth-order valence-corrected chi connectivity index (χ4v) is 2.10. The normalized spacial score (nSPS) is 12.7. The van der Waals surface area contributed by atoms with E-state index in [1.807, 2.05) is 12.1 Å². The smallest absolute Gasteiger partial charge is 0.256 e. The molecule has 1 amide bonds. The summed E-state index contributed by atoms with van der Waals surface area (Å²) < 4.78 is 6.03. The molecule has 3 rings (SSSR count). The average molecular weight is 320 g/mol. The number of nitrogens with one attached hydrogen (secondary N) is 1. The van der Waals surface area contributed by atoms with E-state index < -0.39 is 0 Å². The Morgan fingerprint density at radius 3 is 3.00 bits per heavy atom. The molecule has 0 unspecified atom stereocenters. The molecule has 0 saturated carbocycles. The maximum absolute atomic E-state index is 12.1. The lowest BCUT2D eigenvalue weighted by atomic mass is 10.1. The van der Waals surface area contributed by atoms with Crippen LogP contribution in [-0.4, -0.2) is 22.5 Å². The third-order valence-electron chi connectivity index (χ3n) is 2.81. The van der Waals surface area contributed by atoms with Crippen LogP contribution in [0.15, 0.2) is 35.2 Å². The number of amides is 1. The van der Waals surface area contributed by atoms with Gasteiger partial charge in [-0.3, -0.25) is 4.79 Å². The molecule has 0 saturated heterocycles. The summed E-state index contributed by atoms with van der Waals surface area (Å²) in [5, 5.41) is 2.70. The van der Waals surface area contributed by atoms with Crippen LogP contribution in [0.5, 0.6) is 5.75 Å². The molecule has 96 valence electrons. The van der Waals surface area contributed by atoms with Gasteiger partial charge in [0.1, 0.15) is 10.4 Å². The zero-order valence-electron chi connectivity index (χ0n) is 9.89. The van der Waals surface area contributed by atoms with Gasteiger partial charge in [-0.1, -0.05) is 0 Å². The second kappa shape index (κ2) is 4.97. The minimum atomic E-state index is -0.202. The quantitative estimate of drug-likeness (QED) is 0.923. The topological polar surface area (TPSA) is 64.1 Å². The van der Waals surface area contributed by atoms with Crippen LogP contribution in [0.4, 0.5) is 5.82 Å². The lowest BCUT2D eigenvalue weighted by Crippen LogP contribution is -2.13. The predicted molar refractivity (Wildman–Crippen MR) is 73.3 cm³/mol. The Balaban J connectivity index is 1.78. The minimum absolute atomic E-state index is 0.202. The van der Waals surface area contributed by atoms with E-state index in [4.69, 9.17) is 4.74 Å². The minimum Gasteiger partial charge on any atom is -0.493 e. The molecule has 1 aliphatic heterocycles. The first kappa shape index (κ1) is 12.1. The van der Waals surface area contributed by atoms with Gasteiger partial charge in [0.2, 0.25) is 0 Å². The molecule has 19 heavy (non-hydrogen) atoms. The number of rotatable bonds is 2. The molecule has 0 fully saturated rings. The monoisotopic (exact) mass is 319 g/mol. The summed E-state index contributed by atoms with van der Waals surface area (Å²) in [6.07, 6.45) is 3.87. The number of aromatic nitrogens is 2. The Morgan fingerprint density at radius 1 is 1.32 bits per heavy atom. The van der Waals surface area contributed by atoms with Gasteiger partial charge in [0, 0.05) is 12.0 Å². The van der Waals surface area contributed by atoms with Crippen LogP contribution < -0.4 is 10.1 Å². The highest BCUT2D eigenvalue weighted by molar-refractivity contribution is 9.10. The summed E-state index contributed by atoms with van der Waals surface area (Å²) in [7, 11) is 0. The molecule has 2 heterocycles. The summed E-state index contributed by atoms with van der Waals surface area (Å²) in [5.74, 6) is 1.08. The lowest BCUT2D eigenvalue weighted by molar-refractivity contribution is 0.102. The van der Waals surface area contributed by atoms with Gasteiger partial charge in [0.15, 0.2) is 5.82 Å². The van der Waals surface area contributed by atoms with Gasteiger partial charge in [0.05, 0.1) is 19.0 Å². The van der Waals surface area contributed by atoms with Crippen LogP contribution in [0.1, 0.15) is 15.9 Å². The van der Waals surface area contributed by atoms with E-state index >= 15 is 0 Å². The zero-order chi connectivity index (χ0) is 13.2. The largest absolute Gasteiger partial charge is 0.493 e. The molecule has 0 aliphatic carbocycles. The number of benzene rings is 1. The Bertz CT molecular complexity index is 628. The van der Waals surface area contributed by atoms with Crippen molar-refractivity contribution in [2.24, 2.45) is 0 Å². The predicted octanol–water partition coefficient (Wildman–Crippen LogP) is 2.43. The van der Waals surface area contributed by atoms with Crippen LogP contribution in [-0.2, 0) is 6.42 Å². The van der Waals surface area contributed by atoms with Crippen LogP contribution in [0, 0.1) is 0 Å². The molecule has 1 aromatic carbocycles. The standard InChI is InChI=1S/C13H10BrN3O2/c14-11-6-16-12(7-15-11)17-13(18)9-1-2-10-8(5-9)3-4-19-10/h1-2,5-7H,3-4H2,(H,16,17,18). The van der Waals surface area contributed by atoms with E-state index in [0.717, 1.165) is 17.7 Å². The Hall–Kier alpha value is -1.95. The third-order valence-corrected chi connectivity index (χ3v) is 3.22. The van der Waals surface area contributed by atoms with Crippen molar-refractivity contribution < 1.29 is 9.53 Å². The number of ether oxygens (including phenoxy) is 1. The van der Waals surface area contributed by atoms with Crippen molar-refractivity contribution in [2.45, 2.75) is 6.42 Å². The van der Waals surface area contributed by atoms with Crippen molar-refractivity contribution in [3.05, 3.63) is 46.3 Å². The number of halogens is 1. The Kier molecular flexibility index (Phi) is 3.16. The lowest BCUT2D eigenvalue weighted by Gasteiger charge is -2.05. The molecule has 0 bridgehead atoms. The number of fused-ring (bicyclic) bond motifs is 1. The SMILES string of the molecule is O=C(Nc1cnc(Br)cn1)c1ccc2c(c1)CCO2. The van der Waals surface area contributed by atoms with Gasteiger partial charge in [-0.05, 0) is 39.7 Å². The first-order chi connectivity index (χ1) is 9.22. The number of hydrogen-bond donors (Lipinski definition) is 1. The first-order valence-corrected chi connectivity index (χ1v) is 6.56. The van der Waals surface area contributed by atoms with Gasteiger partial charge in [0.25, 0.3) is 5.91 Å². The highest BCUT2D eigenvalue weighted by atomic mass is 79.9. The van der Waals surface area contributed by atoms with Crippen LogP contribution in [0.25, 0.3) is 0 Å². The van der Waals surface area contributed by atoms with Gasteiger partial charge in [-0.2, -0.15) is 0 Å². The number of nitrogens with zero attached hydrogens (tertiary/aromatic N) is 2. The summed E-state index contributed by atoms with van der Waals surface area (Å²) in [6, 6.07) is 5.42. The Labute approximate surface area is 118 Å². The molecule has 0 spiro atoms. The molecule has 1 aliphatic rings. The molecule has 1 N–H and O–H groups in total. The average Bonchev–Trinajstić information content (AvgIpc) is 2.88. The van der Waals surface area contributed by atoms with E-state index in [0.29, 0.717) is 22.6 Å². The number of hydrogen-bond acceptors (Lipinski definition) is 4. The molecule has 0 atom stereocenters. The van der Waals surface area contributed by atoms with Crippen molar-refractivity contribution in [3.63, 3.8) is 0 Å². The molecule has 5 nitrogen and oxygen atoms in total. The molecule has 0 radical (unpaired) electrons. The Morgan fingerprint density at radius 2 is 2.21 bits per heavy atom. The van der Waals surface area contributed by atoms with Crippen molar-refractivity contribution >= 4 is 27.7 Å². The van der Waals surface area contributed by atoms with Gasteiger partial charge in [-0.25, -0.2) is 9.97 Å². The van der Waals surface area contributed by atoms with Gasteiger partial charge < -0.3 is 10.1 Å². The third kappa shape index (κ3) is 2.58. The van der Waals surface area contributed by atoms with Gasteiger partial charge >= 0.3 is 0 Å². The highest BCUT2D eigenvalue weighted by Crippen LogP contribution is 2.26. The fourth-order valence-electron chi connectivity index (χ4n) is 1.89. The maximum Gasteiger partial charge on any atom is 0.256 e.